The summed E-state index contributed by atoms with van der Waals surface area (Å²) in [5.41, 5.74) is 2.05. The van der Waals surface area contributed by atoms with E-state index in [2.05, 4.69) is 24.3 Å². The van der Waals surface area contributed by atoms with Crippen LogP contribution in [0.2, 0.25) is 0 Å². The van der Waals surface area contributed by atoms with Crippen molar-refractivity contribution in [1.82, 2.24) is 9.36 Å². The molecular formula is C19H16N2O. The summed E-state index contributed by atoms with van der Waals surface area (Å²) in [5.74, 6) is 0. The molecule has 108 valence electrons. The van der Waals surface area contributed by atoms with Crippen LogP contribution < -0.4 is 5.56 Å². The Hall–Kier alpha value is -2.81. The van der Waals surface area contributed by atoms with Gasteiger partial charge in [-0.1, -0.05) is 48.5 Å². The van der Waals surface area contributed by atoms with Gasteiger partial charge in [-0.2, -0.15) is 0 Å². The Morgan fingerprint density at radius 2 is 1.50 bits per heavy atom. The molecule has 0 aliphatic rings. The topological polar surface area (TPSA) is 26.9 Å². The van der Waals surface area contributed by atoms with Gasteiger partial charge in [0.25, 0.3) is 5.56 Å². The van der Waals surface area contributed by atoms with Crippen molar-refractivity contribution in [3.8, 4) is 5.69 Å². The average molecular weight is 288 g/mol. The van der Waals surface area contributed by atoms with Gasteiger partial charge >= 0.3 is 0 Å². The number of aromatic nitrogens is 2. The minimum Gasteiger partial charge on any atom is -0.267 e. The molecule has 0 fully saturated rings. The highest BCUT2D eigenvalue weighted by Crippen LogP contribution is 2.25. The zero-order chi connectivity index (χ0) is 15.1. The van der Waals surface area contributed by atoms with Gasteiger partial charge in [0, 0.05) is 11.9 Å². The lowest BCUT2D eigenvalue weighted by atomic mass is 10.1. The van der Waals surface area contributed by atoms with Crippen LogP contribution in [-0.4, -0.2) is 9.36 Å². The van der Waals surface area contributed by atoms with E-state index >= 15 is 0 Å². The second kappa shape index (κ2) is 4.88. The summed E-state index contributed by atoms with van der Waals surface area (Å²) in [7, 11) is 0. The summed E-state index contributed by atoms with van der Waals surface area (Å²) < 4.78 is 3.84. The molecule has 0 amide bonds. The summed E-state index contributed by atoms with van der Waals surface area (Å²) in [4.78, 5) is 12.6. The lowest BCUT2D eigenvalue weighted by Gasteiger charge is -2.13. The van der Waals surface area contributed by atoms with Crippen molar-refractivity contribution < 1.29 is 0 Å². The zero-order valence-corrected chi connectivity index (χ0v) is 12.4. The molecule has 0 radical (unpaired) electrons. The second-order valence-corrected chi connectivity index (χ2v) is 5.35. The molecule has 0 aliphatic heterocycles. The van der Waals surface area contributed by atoms with Crippen LogP contribution in [0.25, 0.3) is 27.4 Å². The van der Waals surface area contributed by atoms with Gasteiger partial charge in [0.2, 0.25) is 0 Å². The van der Waals surface area contributed by atoms with Crippen LogP contribution in [-0.2, 0) is 6.54 Å². The quantitative estimate of drug-likeness (QED) is 0.548. The fraction of sp³-hybridized carbons (Fsp3) is 0.105. The van der Waals surface area contributed by atoms with Gasteiger partial charge < -0.3 is 0 Å². The Kier molecular flexibility index (Phi) is 2.86. The molecule has 0 aliphatic carbocycles. The van der Waals surface area contributed by atoms with Gasteiger partial charge in [0.15, 0.2) is 0 Å². The molecular weight excluding hydrogens is 272 g/mol. The highest BCUT2D eigenvalue weighted by atomic mass is 16.1. The Bertz CT molecular complexity index is 1030. The van der Waals surface area contributed by atoms with Crippen molar-refractivity contribution in [3.63, 3.8) is 0 Å². The highest BCUT2D eigenvalue weighted by molar-refractivity contribution is 5.92. The first-order chi connectivity index (χ1) is 10.8. The summed E-state index contributed by atoms with van der Waals surface area (Å²) in [6, 6.07) is 22.3. The van der Waals surface area contributed by atoms with E-state index in [0.29, 0.717) is 6.54 Å². The molecule has 4 rings (SSSR count). The second-order valence-electron chi connectivity index (χ2n) is 5.35. The fourth-order valence-electron chi connectivity index (χ4n) is 3.14. The van der Waals surface area contributed by atoms with Crippen molar-refractivity contribution in [2.75, 3.05) is 0 Å². The Labute approximate surface area is 128 Å². The molecule has 0 saturated heterocycles. The summed E-state index contributed by atoms with van der Waals surface area (Å²) in [6.45, 7) is 2.64. The molecule has 0 spiro atoms. The lowest BCUT2D eigenvalue weighted by molar-refractivity contribution is 0.579. The molecule has 0 bridgehead atoms. The van der Waals surface area contributed by atoms with Gasteiger partial charge in [-0.3, -0.25) is 4.79 Å². The van der Waals surface area contributed by atoms with E-state index in [-0.39, 0.29) is 5.56 Å². The molecule has 4 aromatic rings. The van der Waals surface area contributed by atoms with E-state index in [1.54, 1.807) is 4.68 Å². The first kappa shape index (κ1) is 12.9. The predicted octanol–water partition coefficient (Wildman–Crippen LogP) is 3.97. The maximum atomic E-state index is 12.6. The normalized spacial score (nSPS) is 11.3. The number of hydrogen-bond donors (Lipinski definition) is 0. The predicted molar refractivity (Wildman–Crippen MR) is 90.7 cm³/mol. The molecule has 3 heteroatoms. The minimum absolute atomic E-state index is 0.0611. The zero-order valence-electron chi connectivity index (χ0n) is 12.4. The molecule has 22 heavy (non-hydrogen) atoms. The maximum absolute atomic E-state index is 12.6. The fourth-order valence-corrected chi connectivity index (χ4v) is 3.14. The van der Waals surface area contributed by atoms with E-state index in [1.807, 2.05) is 54.1 Å². The summed E-state index contributed by atoms with van der Waals surface area (Å²) >= 11 is 0. The number of nitrogens with zero attached hydrogens (tertiary/aromatic N) is 2. The van der Waals surface area contributed by atoms with Crippen molar-refractivity contribution in [2.45, 2.75) is 13.5 Å². The van der Waals surface area contributed by atoms with E-state index in [4.69, 9.17) is 0 Å². The number of benzene rings is 3. The highest BCUT2D eigenvalue weighted by Gasteiger charge is 2.14. The van der Waals surface area contributed by atoms with Crippen LogP contribution in [0, 0.1) is 0 Å². The van der Waals surface area contributed by atoms with Crippen LogP contribution in [0.4, 0.5) is 0 Å². The van der Waals surface area contributed by atoms with Crippen molar-refractivity contribution in [2.24, 2.45) is 0 Å². The molecule has 1 aromatic heterocycles. The van der Waals surface area contributed by atoms with Crippen molar-refractivity contribution in [1.29, 1.82) is 0 Å². The summed E-state index contributed by atoms with van der Waals surface area (Å²) in [5, 5.41) is 3.08. The number of fused-ring (bicyclic) bond motifs is 2. The number of rotatable bonds is 2. The Morgan fingerprint density at radius 1 is 0.818 bits per heavy atom. The molecule has 0 unspecified atom stereocenters. The first-order valence-corrected chi connectivity index (χ1v) is 7.50. The van der Waals surface area contributed by atoms with Crippen molar-refractivity contribution >= 4 is 21.7 Å². The number of para-hydroxylation sites is 1. The van der Waals surface area contributed by atoms with Gasteiger partial charge in [-0.15, -0.1) is 0 Å². The third-order valence-corrected chi connectivity index (χ3v) is 4.13. The van der Waals surface area contributed by atoms with E-state index in [1.165, 1.54) is 5.39 Å². The molecule has 1 heterocycles. The lowest BCUT2D eigenvalue weighted by Crippen LogP contribution is -2.21. The monoisotopic (exact) mass is 288 g/mol. The van der Waals surface area contributed by atoms with E-state index in [9.17, 15) is 4.79 Å². The summed E-state index contributed by atoms with van der Waals surface area (Å²) in [6.07, 6.45) is 0. The van der Waals surface area contributed by atoms with Crippen LogP contribution in [0.15, 0.2) is 71.5 Å². The molecule has 3 aromatic carbocycles. The molecule has 0 saturated carbocycles. The van der Waals surface area contributed by atoms with E-state index < -0.39 is 0 Å². The SMILES string of the molecule is CCn1c(=O)c2ccccc2n1-c1cccc2ccccc12. The first-order valence-electron chi connectivity index (χ1n) is 7.50. The van der Waals surface area contributed by atoms with Gasteiger partial charge in [0.05, 0.1) is 16.6 Å². The average Bonchev–Trinajstić information content (AvgIpc) is 2.87. The minimum atomic E-state index is 0.0611. The van der Waals surface area contributed by atoms with Gasteiger partial charge in [0.1, 0.15) is 0 Å². The third kappa shape index (κ3) is 1.72. The molecule has 0 atom stereocenters. The van der Waals surface area contributed by atoms with Crippen LogP contribution in [0.1, 0.15) is 6.92 Å². The smallest absolute Gasteiger partial charge is 0.267 e. The Morgan fingerprint density at radius 3 is 2.32 bits per heavy atom. The van der Waals surface area contributed by atoms with Gasteiger partial charge in [-0.25, -0.2) is 9.36 Å². The Balaban J connectivity index is 2.20. The van der Waals surface area contributed by atoms with Crippen LogP contribution in [0.5, 0.6) is 0 Å². The molecule has 0 N–H and O–H groups in total. The molecule has 3 nitrogen and oxygen atoms in total. The maximum Gasteiger partial charge on any atom is 0.274 e. The van der Waals surface area contributed by atoms with Gasteiger partial charge in [-0.05, 0) is 30.5 Å². The third-order valence-electron chi connectivity index (χ3n) is 4.13. The van der Waals surface area contributed by atoms with Crippen LogP contribution >= 0.6 is 0 Å². The largest absolute Gasteiger partial charge is 0.274 e. The number of hydrogen-bond acceptors (Lipinski definition) is 1. The van der Waals surface area contributed by atoms with Crippen molar-refractivity contribution in [3.05, 3.63) is 77.1 Å². The standard InChI is InChI=1S/C19H16N2O/c1-2-20-19(22)16-11-5-6-12-18(16)21(20)17-13-7-9-14-8-3-4-10-15(14)17/h3-13H,2H2,1H3. The van der Waals surface area contributed by atoms with Crippen LogP contribution in [0.3, 0.4) is 0 Å². The van der Waals surface area contributed by atoms with E-state index in [0.717, 1.165) is 22.0 Å².